The molecule has 4 rings (SSSR count). The van der Waals surface area contributed by atoms with Gasteiger partial charge in [0.25, 0.3) is 0 Å². The van der Waals surface area contributed by atoms with E-state index in [0.29, 0.717) is 17.6 Å². The van der Waals surface area contributed by atoms with E-state index in [9.17, 15) is 14.0 Å². The Morgan fingerprint density at radius 2 is 1.70 bits per heavy atom. The van der Waals surface area contributed by atoms with Gasteiger partial charge >= 0.3 is 0 Å². The molecule has 0 radical (unpaired) electrons. The van der Waals surface area contributed by atoms with Crippen molar-refractivity contribution in [2.24, 2.45) is 0 Å². The molecule has 4 nitrogen and oxygen atoms in total. The van der Waals surface area contributed by atoms with Gasteiger partial charge in [0.2, 0.25) is 5.43 Å². The van der Waals surface area contributed by atoms with Crippen molar-refractivity contribution in [3.8, 4) is 5.75 Å². The zero-order valence-electron chi connectivity index (χ0n) is 16.7. The van der Waals surface area contributed by atoms with E-state index in [1.807, 2.05) is 43.3 Å². The molecule has 4 aromatic rings. The zero-order chi connectivity index (χ0) is 21.3. The Labute approximate surface area is 173 Å². The van der Waals surface area contributed by atoms with Gasteiger partial charge in [-0.2, -0.15) is 0 Å². The highest BCUT2D eigenvalue weighted by Crippen LogP contribution is 2.19. The van der Waals surface area contributed by atoms with E-state index in [1.165, 1.54) is 12.1 Å². The fourth-order valence-electron chi connectivity index (χ4n) is 3.45. The molecule has 0 atom stereocenters. The number of rotatable bonds is 5. The van der Waals surface area contributed by atoms with Crippen molar-refractivity contribution in [1.82, 2.24) is 4.57 Å². The van der Waals surface area contributed by atoms with Crippen molar-refractivity contribution in [3.05, 3.63) is 111 Å². The van der Waals surface area contributed by atoms with E-state index < -0.39 is 11.2 Å². The van der Waals surface area contributed by atoms with Crippen LogP contribution in [0.1, 0.15) is 27.0 Å². The van der Waals surface area contributed by atoms with Crippen LogP contribution < -0.4 is 10.2 Å². The van der Waals surface area contributed by atoms with E-state index in [2.05, 4.69) is 0 Å². The lowest BCUT2D eigenvalue weighted by atomic mass is 10.0. The lowest BCUT2D eigenvalue weighted by Crippen LogP contribution is -2.20. The van der Waals surface area contributed by atoms with Crippen molar-refractivity contribution < 1.29 is 13.9 Å². The minimum atomic E-state index is -0.518. The van der Waals surface area contributed by atoms with Crippen molar-refractivity contribution >= 4 is 16.7 Å². The SMILES string of the molecule is COc1ccc(Cn2cc(C(=O)c3ccc(C)cc3)c(=O)c3cc(F)ccc32)cc1. The maximum Gasteiger partial charge on any atom is 0.200 e. The molecule has 0 bridgehead atoms. The van der Waals surface area contributed by atoms with Crippen LogP contribution in [0.15, 0.2) is 77.7 Å². The highest BCUT2D eigenvalue weighted by atomic mass is 19.1. The van der Waals surface area contributed by atoms with E-state index in [1.54, 1.807) is 36.1 Å². The first-order chi connectivity index (χ1) is 14.5. The van der Waals surface area contributed by atoms with Crippen LogP contribution in [-0.2, 0) is 6.54 Å². The molecule has 150 valence electrons. The van der Waals surface area contributed by atoms with Gasteiger partial charge in [-0.25, -0.2) is 4.39 Å². The number of pyridine rings is 1. The summed E-state index contributed by atoms with van der Waals surface area (Å²) in [5, 5.41) is 0.182. The Balaban J connectivity index is 1.86. The number of aryl methyl sites for hydroxylation is 1. The molecule has 0 aliphatic carbocycles. The van der Waals surface area contributed by atoms with Crippen LogP contribution in [0, 0.1) is 12.7 Å². The quantitative estimate of drug-likeness (QED) is 0.454. The number of carbonyl (C=O) groups is 1. The molecule has 0 saturated carbocycles. The fraction of sp³-hybridized carbons (Fsp3) is 0.120. The van der Waals surface area contributed by atoms with Crippen LogP contribution in [0.4, 0.5) is 4.39 Å². The first-order valence-electron chi connectivity index (χ1n) is 9.53. The van der Waals surface area contributed by atoms with Crippen molar-refractivity contribution in [2.45, 2.75) is 13.5 Å². The highest BCUT2D eigenvalue weighted by Gasteiger charge is 2.18. The maximum absolute atomic E-state index is 13.9. The van der Waals surface area contributed by atoms with Crippen molar-refractivity contribution in [1.29, 1.82) is 0 Å². The zero-order valence-corrected chi connectivity index (χ0v) is 16.7. The second-order valence-corrected chi connectivity index (χ2v) is 7.20. The van der Waals surface area contributed by atoms with Gasteiger partial charge in [-0.3, -0.25) is 9.59 Å². The maximum atomic E-state index is 13.9. The number of carbonyl (C=O) groups excluding carboxylic acids is 1. The Kier molecular flexibility index (Phi) is 5.19. The van der Waals surface area contributed by atoms with Gasteiger partial charge < -0.3 is 9.30 Å². The average Bonchev–Trinajstić information content (AvgIpc) is 2.76. The molecule has 5 heteroatoms. The normalized spacial score (nSPS) is 10.9. The Morgan fingerprint density at radius 3 is 2.37 bits per heavy atom. The van der Waals surface area contributed by atoms with E-state index in [4.69, 9.17) is 4.74 Å². The molecule has 0 spiro atoms. The summed E-state index contributed by atoms with van der Waals surface area (Å²) in [6, 6.07) is 18.6. The topological polar surface area (TPSA) is 48.3 Å². The van der Waals surface area contributed by atoms with E-state index in [0.717, 1.165) is 16.9 Å². The number of fused-ring (bicyclic) bond motifs is 1. The van der Waals surface area contributed by atoms with Gasteiger partial charge in [-0.05, 0) is 42.8 Å². The summed E-state index contributed by atoms with van der Waals surface area (Å²) in [6.45, 7) is 2.34. The van der Waals surface area contributed by atoms with Gasteiger partial charge in [0.1, 0.15) is 11.6 Å². The Hall–Kier alpha value is -3.73. The van der Waals surface area contributed by atoms with E-state index >= 15 is 0 Å². The molecular formula is C25H20FNO3. The molecule has 0 fully saturated rings. The second kappa shape index (κ2) is 7.95. The molecular weight excluding hydrogens is 381 g/mol. The number of ether oxygens (including phenoxy) is 1. The largest absolute Gasteiger partial charge is 0.497 e. The van der Waals surface area contributed by atoms with Crippen LogP contribution in [0.5, 0.6) is 5.75 Å². The van der Waals surface area contributed by atoms with Crippen LogP contribution in [0.25, 0.3) is 10.9 Å². The summed E-state index contributed by atoms with van der Waals surface area (Å²) in [7, 11) is 1.60. The highest BCUT2D eigenvalue weighted by molar-refractivity contribution is 6.10. The molecule has 0 amide bonds. The van der Waals surface area contributed by atoms with Crippen LogP contribution >= 0.6 is 0 Å². The number of nitrogens with zero attached hydrogens (tertiary/aromatic N) is 1. The predicted octanol–water partition coefficient (Wildman–Crippen LogP) is 4.74. The van der Waals surface area contributed by atoms with Gasteiger partial charge in [-0.15, -0.1) is 0 Å². The van der Waals surface area contributed by atoms with Crippen molar-refractivity contribution in [3.63, 3.8) is 0 Å². The Morgan fingerprint density at radius 1 is 1.00 bits per heavy atom. The third-order valence-electron chi connectivity index (χ3n) is 5.11. The summed E-state index contributed by atoms with van der Waals surface area (Å²) >= 11 is 0. The lowest BCUT2D eigenvalue weighted by molar-refractivity contribution is 0.103. The third-order valence-corrected chi connectivity index (χ3v) is 5.11. The monoisotopic (exact) mass is 401 g/mol. The number of ketones is 1. The minimum absolute atomic E-state index is 0.0189. The molecule has 0 aliphatic rings. The van der Waals surface area contributed by atoms with E-state index in [-0.39, 0.29) is 16.7 Å². The number of hydrogen-bond acceptors (Lipinski definition) is 3. The Bertz CT molecular complexity index is 1290. The third kappa shape index (κ3) is 3.74. The molecule has 0 saturated heterocycles. The van der Waals surface area contributed by atoms with Crippen LogP contribution in [0.2, 0.25) is 0 Å². The molecule has 3 aromatic carbocycles. The van der Waals surface area contributed by atoms with Gasteiger partial charge in [0, 0.05) is 23.7 Å². The average molecular weight is 401 g/mol. The summed E-state index contributed by atoms with van der Waals surface area (Å²) in [5.74, 6) is -0.161. The summed E-state index contributed by atoms with van der Waals surface area (Å²) < 4.78 is 20.9. The standard InChI is InChI=1S/C25H20FNO3/c1-16-3-7-18(8-4-16)24(28)22-15-27(14-17-5-10-20(30-2)11-6-17)23-12-9-19(26)13-21(23)25(22)29/h3-13,15H,14H2,1-2H3. The number of halogens is 1. The molecule has 1 aromatic heterocycles. The van der Waals surface area contributed by atoms with Gasteiger partial charge in [0.15, 0.2) is 5.78 Å². The minimum Gasteiger partial charge on any atom is -0.497 e. The van der Waals surface area contributed by atoms with Crippen LogP contribution in [0.3, 0.4) is 0 Å². The smallest absolute Gasteiger partial charge is 0.200 e. The summed E-state index contributed by atoms with van der Waals surface area (Å²) in [5.41, 5.74) is 2.51. The molecule has 0 N–H and O–H groups in total. The van der Waals surface area contributed by atoms with Crippen LogP contribution in [-0.4, -0.2) is 17.5 Å². The number of methoxy groups -OCH3 is 1. The summed E-state index contributed by atoms with van der Waals surface area (Å²) in [6.07, 6.45) is 1.56. The molecule has 0 unspecified atom stereocenters. The molecule has 30 heavy (non-hydrogen) atoms. The molecule has 1 heterocycles. The first kappa shape index (κ1) is 19.6. The first-order valence-corrected chi connectivity index (χ1v) is 9.53. The summed E-state index contributed by atoms with van der Waals surface area (Å²) in [4.78, 5) is 26.1. The molecule has 0 aliphatic heterocycles. The lowest BCUT2D eigenvalue weighted by Gasteiger charge is -2.14. The second-order valence-electron chi connectivity index (χ2n) is 7.20. The number of aromatic nitrogens is 1. The van der Waals surface area contributed by atoms with Crippen molar-refractivity contribution in [2.75, 3.05) is 7.11 Å². The number of hydrogen-bond donors (Lipinski definition) is 0. The predicted molar refractivity (Wildman–Crippen MR) is 115 cm³/mol. The fourth-order valence-corrected chi connectivity index (χ4v) is 3.45. The van der Waals surface area contributed by atoms with Gasteiger partial charge in [-0.1, -0.05) is 42.0 Å². The number of benzene rings is 3. The van der Waals surface area contributed by atoms with Gasteiger partial charge in [0.05, 0.1) is 18.2 Å².